The van der Waals surface area contributed by atoms with E-state index in [2.05, 4.69) is 15.0 Å². The quantitative estimate of drug-likeness (QED) is 0.893. The normalized spacial score (nSPS) is 18.0. The van der Waals surface area contributed by atoms with Crippen molar-refractivity contribution in [3.63, 3.8) is 0 Å². The fourth-order valence-corrected chi connectivity index (χ4v) is 3.61. The molecule has 1 aromatic carbocycles. The molecule has 116 valence electrons. The van der Waals surface area contributed by atoms with Gasteiger partial charge in [0.1, 0.15) is 10.7 Å². The van der Waals surface area contributed by atoms with Gasteiger partial charge < -0.3 is 5.32 Å². The summed E-state index contributed by atoms with van der Waals surface area (Å²) < 4.78 is 40.0. The third-order valence-corrected chi connectivity index (χ3v) is 5.07. The summed E-state index contributed by atoms with van der Waals surface area (Å²) in [6.45, 7) is 1.00. The van der Waals surface area contributed by atoms with Gasteiger partial charge in [-0.1, -0.05) is 24.3 Å². The smallest absolute Gasteiger partial charge is 0.242 e. The number of benzene rings is 1. The number of nitrogens with zero attached hydrogens (tertiary/aromatic N) is 1. The van der Waals surface area contributed by atoms with E-state index in [1.54, 1.807) is 0 Å². The van der Waals surface area contributed by atoms with Crippen LogP contribution in [0.15, 0.2) is 47.6 Å². The first kappa shape index (κ1) is 15.1. The number of halogens is 1. The number of sulfonamides is 1. The number of fused-ring (bicyclic) bond motifs is 1. The Bertz CT molecular complexity index is 780. The summed E-state index contributed by atoms with van der Waals surface area (Å²) >= 11 is 0. The van der Waals surface area contributed by atoms with Crippen LogP contribution in [0, 0.1) is 5.82 Å². The van der Waals surface area contributed by atoms with Gasteiger partial charge in [-0.05, 0) is 30.2 Å². The maximum absolute atomic E-state index is 13.1. The van der Waals surface area contributed by atoms with Gasteiger partial charge in [0.25, 0.3) is 0 Å². The van der Waals surface area contributed by atoms with Crippen molar-refractivity contribution in [2.24, 2.45) is 0 Å². The van der Waals surface area contributed by atoms with Crippen LogP contribution in [-0.2, 0) is 16.4 Å². The molecule has 1 aliphatic rings. The Morgan fingerprint density at radius 1 is 1.32 bits per heavy atom. The molecular weight excluding hydrogens is 305 g/mol. The highest BCUT2D eigenvalue weighted by Crippen LogP contribution is 2.22. The van der Waals surface area contributed by atoms with Crippen molar-refractivity contribution in [2.75, 3.05) is 13.1 Å². The fourth-order valence-electron chi connectivity index (χ4n) is 2.59. The molecule has 0 saturated carbocycles. The van der Waals surface area contributed by atoms with Crippen LogP contribution in [0.25, 0.3) is 0 Å². The second-order valence-corrected chi connectivity index (χ2v) is 6.91. The minimum atomic E-state index is -3.78. The van der Waals surface area contributed by atoms with Gasteiger partial charge in [-0.3, -0.25) is 4.98 Å². The minimum Gasteiger partial charge on any atom is -0.308 e. The standard InChI is InChI=1S/C15H16FN3O2S/c16-12-7-13(9-17-8-12)22(20,21)19-10-15-14-4-2-1-3-11(14)5-6-18-15/h1-4,7-9,15,18-19H,5-6,10H2. The average Bonchev–Trinajstić information content (AvgIpc) is 2.53. The lowest BCUT2D eigenvalue weighted by Crippen LogP contribution is -2.38. The molecule has 0 bridgehead atoms. The molecule has 1 aromatic heterocycles. The summed E-state index contributed by atoms with van der Waals surface area (Å²) in [6, 6.07) is 8.81. The molecule has 0 fully saturated rings. The van der Waals surface area contributed by atoms with Gasteiger partial charge in [0.2, 0.25) is 10.0 Å². The van der Waals surface area contributed by atoms with Gasteiger partial charge in [0, 0.05) is 18.8 Å². The lowest BCUT2D eigenvalue weighted by molar-refractivity contribution is 0.491. The average molecular weight is 321 g/mol. The topological polar surface area (TPSA) is 71.1 Å². The molecule has 3 rings (SSSR count). The Morgan fingerprint density at radius 2 is 2.14 bits per heavy atom. The predicted octanol–water partition coefficient (Wildman–Crippen LogP) is 1.39. The first-order valence-electron chi connectivity index (χ1n) is 6.98. The summed E-state index contributed by atoms with van der Waals surface area (Å²) in [6.07, 6.45) is 3.03. The highest BCUT2D eigenvalue weighted by molar-refractivity contribution is 7.89. The van der Waals surface area contributed by atoms with Crippen molar-refractivity contribution >= 4 is 10.0 Å². The maximum Gasteiger partial charge on any atom is 0.242 e. The lowest BCUT2D eigenvalue weighted by Gasteiger charge is -2.27. The molecule has 0 amide bonds. The molecule has 0 saturated heterocycles. The Labute approximate surface area is 128 Å². The number of nitrogens with one attached hydrogen (secondary N) is 2. The van der Waals surface area contributed by atoms with Gasteiger partial charge in [0.15, 0.2) is 0 Å². The summed E-state index contributed by atoms with van der Waals surface area (Å²) in [5.41, 5.74) is 2.31. The molecule has 2 heterocycles. The summed E-state index contributed by atoms with van der Waals surface area (Å²) in [4.78, 5) is 3.40. The molecule has 0 aliphatic carbocycles. The van der Waals surface area contributed by atoms with Crippen LogP contribution in [0.5, 0.6) is 0 Å². The van der Waals surface area contributed by atoms with Gasteiger partial charge in [-0.2, -0.15) is 0 Å². The second-order valence-electron chi connectivity index (χ2n) is 5.15. The van der Waals surface area contributed by atoms with Crippen molar-refractivity contribution in [1.82, 2.24) is 15.0 Å². The van der Waals surface area contributed by atoms with Crippen molar-refractivity contribution in [3.8, 4) is 0 Å². The molecule has 0 spiro atoms. The molecule has 0 radical (unpaired) electrons. The van der Waals surface area contributed by atoms with E-state index in [0.29, 0.717) is 0 Å². The highest BCUT2D eigenvalue weighted by Gasteiger charge is 2.22. The third kappa shape index (κ3) is 3.16. The summed E-state index contributed by atoms with van der Waals surface area (Å²) in [7, 11) is -3.78. The minimum absolute atomic E-state index is 0.0961. The number of aromatic nitrogens is 1. The Hall–Kier alpha value is -1.83. The third-order valence-electron chi connectivity index (χ3n) is 3.68. The second kappa shape index (κ2) is 6.12. The van der Waals surface area contributed by atoms with E-state index in [9.17, 15) is 12.8 Å². The molecular formula is C15H16FN3O2S. The van der Waals surface area contributed by atoms with Gasteiger partial charge >= 0.3 is 0 Å². The van der Waals surface area contributed by atoms with Gasteiger partial charge in [-0.25, -0.2) is 17.5 Å². The van der Waals surface area contributed by atoms with Crippen molar-refractivity contribution < 1.29 is 12.8 Å². The van der Waals surface area contributed by atoms with Crippen molar-refractivity contribution in [1.29, 1.82) is 0 Å². The van der Waals surface area contributed by atoms with E-state index in [4.69, 9.17) is 0 Å². The number of rotatable bonds is 4. The predicted molar refractivity (Wildman–Crippen MR) is 80.3 cm³/mol. The van der Waals surface area contributed by atoms with Crippen LogP contribution in [0.3, 0.4) is 0 Å². The monoisotopic (exact) mass is 321 g/mol. The summed E-state index contributed by atoms with van der Waals surface area (Å²) in [5, 5.41) is 3.29. The highest BCUT2D eigenvalue weighted by atomic mass is 32.2. The van der Waals surface area contributed by atoms with Crippen LogP contribution in [0.2, 0.25) is 0 Å². The van der Waals surface area contributed by atoms with Crippen molar-refractivity contribution in [3.05, 3.63) is 59.7 Å². The molecule has 2 N–H and O–H groups in total. The van der Waals surface area contributed by atoms with Crippen LogP contribution >= 0.6 is 0 Å². The largest absolute Gasteiger partial charge is 0.308 e. The number of hydrogen-bond donors (Lipinski definition) is 2. The molecule has 1 aliphatic heterocycles. The van der Waals surface area contributed by atoms with E-state index in [-0.39, 0.29) is 17.5 Å². The van der Waals surface area contributed by atoms with E-state index in [1.807, 2.05) is 24.3 Å². The zero-order chi connectivity index (χ0) is 15.6. The molecule has 1 atom stereocenters. The maximum atomic E-state index is 13.1. The molecule has 2 aromatic rings. The fraction of sp³-hybridized carbons (Fsp3) is 0.267. The zero-order valence-corrected chi connectivity index (χ0v) is 12.6. The molecule has 1 unspecified atom stereocenters. The molecule has 7 heteroatoms. The number of pyridine rings is 1. The molecule has 5 nitrogen and oxygen atoms in total. The molecule has 22 heavy (non-hydrogen) atoms. The first-order valence-corrected chi connectivity index (χ1v) is 8.46. The first-order chi connectivity index (χ1) is 10.6. The van der Waals surface area contributed by atoms with Crippen LogP contribution in [-0.4, -0.2) is 26.5 Å². The van der Waals surface area contributed by atoms with Gasteiger partial charge in [-0.15, -0.1) is 0 Å². The van der Waals surface area contributed by atoms with E-state index >= 15 is 0 Å². The zero-order valence-electron chi connectivity index (χ0n) is 11.8. The van der Waals surface area contributed by atoms with Crippen LogP contribution in [0.4, 0.5) is 4.39 Å². The van der Waals surface area contributed by atoms with E-state index < -0.39 is 15.8 Å². The lowest BCUT2D eigenvalue weighted by atomic mass is 9.95. The van der Waals surface area contributed by atoms with E-state index in [1.165, 1.54) is 5.56 Å². The summed E-state index contributed by atoms with van der Waals surface area (Å²) in [5.74, 6) is -0.677. The van der Waals surface area contributed by atoms with Crippen LogP contribution in [0.1, 0.15) is 17.2 Å². The Balaban J connectivity index is 1.76. The van der Waals surface area contributed by atoms with Crippen molar-refractivity contribution in [2.45, 2.75) is 17.4 Å². The van der Waals surface area contributed by atoms with Gasteiger partial charge in [0.05, 0.1) is 6.20 Å². The SMILES string of the molecule is O=S(=O)(NCC1NCCc2ccccc21)c1cncc(F)c1. The Kier molecular flexibility index (Phi) is 4.19. The van der Waals surface area contributed by atoms with Crippen LogP contribution < -0.4 is 10.0 Å². The van der Waals surface area contributed by atoms with E-state index in [0.717, 1.165) is 37.0 Å². The number of hydrogen-bond acceptors (Lipinski definition) is 4. The Morgan fingerprint density at radius 3 is 2.95 bits per heavy atom.